The van der Waals surface area contributed by atoms with E-state index in [1.807, 2.05) is 42.5 Å². The highest BCUT2D eigenvalue weighted by Crippen LogP contribution is 2.24. The number of ether oxygens (including phenoxy) is 1. The number of hydrogen-bond acceptors (Lipinski definition) is 3. The minimum Gasteiger partial charge on any atom is -0.436 e. The summed E-state index contributed by atoms with van der Waals surface area (Å²) >= 11 is 0. The van der Waals surface area contributed by atoms with E-state index in [1.54, 1.807) is 0 Å². The first kappa shape index (κ1) is 10.5. The first-order valence-corrected chi connectivity index (χ1v) is 5.61. The summed E-state index contributed by atoms with van der Waals surface area (Å²) in [5.41, 5.74) is 2.34. The smallest absolute Gasteiger partial charge is 0.258 e. The molecule has 18 heavy (non-hydrogen) atoms. The minimum atomic E-state index is 0.461. The first-order valence-electron chi connectivity index (χ1n) is 5.61. The van der Waals surface area contributed by atoms with E-state index in [4.69, 9.17) is 4.74 Å². The summed E-state index contributed by atoms with van der Waals surface area (Å²) < 4.78 is 5.50. The average Bonchev–Trinajstić information content (AvgIpc) is 2.94. The Morgan fingerprint density at radius 2 is 1.56 bits per heavy atom. The normalized spacial score (nSPS) is 10.2. The van der Waals surface area contributed by atoms with Crippen LogP contribution in [0.1, 0.15) is 0 Å². The van der Waals surface area contributed by atoms with Crippen molar-refractivity contribution in [3.63, 3.8) is 0 Å². The molecule has 3 rings (SSSR count). The highest BCUT2D eigenvalue weighted by molar-refractivity contribution is 5.63. The Balaban J connectivity index is 1.81. The largest absolute Gasteiger partial charge is 0.436 e. The summed E-state index contributed by atoms with van der Waals surface area (Å²) in [6.45, 7) is 0. The molecule has 0 amide bonds. The molecule has 0 aliphatic carbocycles. The van der Waals surface area contributed by atoms with Gasteiger partial charge in [0, 0.05) is 0 Å². The van der Waals surface area contributed by atoms with Gasteiger partial charge in [0.25, 0.3) is 5.88 Å². The van der Waals surface area contributed by atoms with Crippen molar-refractivity contribution in [3.05, 3.63) is 60.8 Å². The highest BCUT2D eigenvalue weighted by atomic mass is 16.5. The van der Waals surface area contributed by atoms with E-state index in [1.165, 1.54) is 11.8 Å². The maximum absolute atomic E-state index is 5.50. The molecule has 0 radical (unpaired) electrons. The van der Waals surface area contributed by atoms with Gasteiger partial charge in [0.05, 0.1) is 0 Å². The van der Waals surface area contributed by atoms with Gasteiger partial charge < -0.3 is 4.74 Å². The molecule has 0 spiro atoms. The van der Waals surface area contributed by atoms with Crippen molar-refractivity contribution in [1.29, 1.82) is 0 Å². The minimum absolute atomic E-state index is 0.461. The van der Waals surface area contributed by atoms with E-state index >= 15 is 0 Å². The molecular weight excluding hydrogens is 226 g/mol. The lowest BCUT2D eigenvalue weighted by Gasteiger charge is -2.04. The zero-order valence-electron chi connectivity index (χ0n) is 9.58. The van der Waals surface area contributed by atoms with Crippen LogP contribution in [-0.2, 0) is 0 Å². The van der Waals surface area contributed by atoms with Crippen LogP contribution in [0.15, 0.2) is 60.8 Å². The Labute approximate surface area is 104 Å². The third-order valence-corrected chi connectivity index (χ3v) is 2.58. The lowest BCUT2D eigenvalue weighted by atomic mass is 10.1. The van der Waals surface area contributed by atoms with Gasteiger partial charge in [-0.05, 0) is 23.3 Å². The number of rotatable bonds is 3. The molecular formula is C14H11N3O. The molecule has 0 atom stereocenters. The number of nitrogens with zero attached hydrogens (tertiary/aromatic N) is 2. The molecule has 0 saturated carbocycles. The number of aromatic nitrogens is 3. The highest BCUT2D eigenvalue weighted by Gasteiger charge is 2.00. The van der Waals surface area contributed by atoms with E-state index in [0.29, 0.717) is 5.88 Å². The van der Waals surface area contributed by atoms with Crippen LogP contribution in [-0.4, -0.2) is 15.4 Å². The zero-order chi connectivity index (χ0) is 12.2. The Morgan fingerprint density at radius 1 is 0.833 bits per heavy atom. The van der Waals surface area contributed by atoms with Crippen molar-refractivity contribution in [1.82, 2.24) is 15.4 Å². The van der Waals surface area contributed by atoms with E-state index in [2.05, 4.69) is 27.5 Å². The predicted molar refractivity (Wildman–Crippen MR) is 68.3 cm³/mol. The summed E-state index contributed by atoms with van der Waals surface area (Å²) in [5.74, 6) is 1.20. The lowest BCUT2D eigenvalue weighted by Crippen LogP contribution is -1.84. The van der Waals surface area contributed by atoms with E-state index < -0.39 is 0 Å². The number of hydrogen-bond donors (Lipinski definition) is 1. The number of nitrogens with one attached hydrogen (secondary N) is 1. The van der Waals surface area contributed by atoms with Gasteiger partial charge in [0.1, 0.15) is 11.9 Å². The molecule has 1 N–H and O–H groups in total. The summed E-state index contributed by atoms with van der Waals surface area (Å²) in [6.07, 6.45) is 1.53. The molecule has 2 aromatic carbocycles. The molecule has 3 aromatic rings. The van der Waals surface area contributed by atoms with Crippen molar-refractivity contribution in [2.45, 2.75) is 0 Å². The summed E-state index contributed by atoms with van der Waals surface area (Å²) in [7, 11) is 0. The van der Waals surface area contributed by atoms with Crippen molar-refractivity contribution in [2.75, 3.05) is 0 Å². The topological polar surface area (TPSA) is 50.8 Å². The van der Waals surface area contributed by atoms with Gasteiger partial charge >= 0.3 is 0 Å². The van der Waals surface area contributed by atoms with Gasteiger partial charge in [-0.1, -0.05) is 42.5 Å². The third kappa shape index (κ3) is 2.22. The maximum atomic E-state index is 5.50. The fourth-order valence-corrected chi connectivity index (χ4v) is 1.71. The van der Waals surface area contributed by atoms with Crippen LogP contribution < -0.4 is 4.74 Å². The van der Waals surface area contributed by atoms with Crippen LogP contribution in [0.25, 0.3) is 11.1 Å². The summed E-state index contributed by atoms with van der Waals surface area (Å²) in [6, 6.07) is 18.1. The van der Waals surface area contributed by atoms with Gasteiger partial charge in [-0.3, -0.25) is 0 Å². The second-order valence-corrected chi connectivity index (χ2v) is 3.80. The van der Waals surface area contributed by atoms with Gasteiger partial charge in [0.2, 0.25) is 0 Å². The summed E-state index contributed by atoms with van der Waals surface area (Å²) in [4.78, 5) is 0. The van der Waals surface area contributed by atoms with E-state index in [9.17, 15) is 0 Å². The number of H-pyrrole nitrogens is 1. The third-order valence-electron chi connectivity index (χ3n) is 2.58. The molecule has 1 heterocycles. The molecule has 0 unspecified atom stereocenters. The fraction of sp³-hybridized carbons (Fsp3) is 0. The predicted octanol–water partition coefficient (Wildman–Crippen LogP) is 3.26. The van der Waals surface area contributed by atoms with Crippen LogP contribution in [0.3, 0.4) is 0 Å². The quantitative estimate of drug-likeness (QED) is 0.760. The fourth-order valence-electron chi connectivity index (χ4n) is 1.71. The van der Waals surface area contributed by atoms with Crippen molar-refractivity contribution in [3.8, 4) is 22.8 Å². The number of benzene rings is 2. The van der Waals surface area contributed by atoms with Crippen LogP contribution in [0.2, 0.25) is 0 Å². The van der Waals surface area contributed by atoms with Crippen LogP contribution >= 0.6 is 0 Å². The number of aromatic amines is 1. The van der Waals surface area contributed by atoms with Crippen LogP contribution in [0, 0.1) is 0 Å². The van der Waals surface area contributed by atoms with Gasteiger partial charge in [-0.2, -0.15) is 10.3 Å². The standard InChI is InChI=1S/C14H11N3O/c1-2-4-11(5-3-1)12-6-8-13(9-7-12)18-14-10-15-17-16-14/h1-10H,(H,15,16,17). The van der Waals surface area contributed by atoms with E-state index in [0.717, 1.165) is 11.3 Å². The van der Waals surface area contributed by atoms with Gasteiger partial charge in [-0.15, -0.1) is 5.10 Å². The molecule has 0 bridgehead atoms. The molecule has 0 aliphatic heterocycles. The molecule has 4 heteroatoms. The lowest BCUT2D eigenvalue weighted by molar-refractivity contribution is 0.461. The second kappa shape index (κ2) is 4.71. The molecule has 0 aliphatic rings. The second-order valence-electron chi connectivity index (χ2n) is 3.80. The van der Waals surface area contributed by atoms with Crippen molar-refractivity contribution < 1.29 is 4.74 Å². The zero-order valence-corrected chi connectivity index (χ0v) is 9.58. The molecule has 0 saturated heterocycles. The monoisotopic (exact) mass is 237 g/mol. The Hall–Kier alpha value is -2.62. The Kier molecular flexibility index (Phi) is 2.75. The van der Waals surface area contributed by atoms with Gasteiger partial charge in [0.15, 0.2) is 0 Å². The van der Waals surface area contributed by atoms with Gasteiger partial charge in [-0.25, -0.2) is 0 Å². The maximum Gasteiger partial charge on any atom is 0.258 e. The summed E-state index contributed by atoms with van der Waals surface area (Å²) in [5, 5.41) is 10.0. The molecule has 0 fully saturated rings. The van der Waals surface area contributed by atoms with E-state index in [-0.39, 0.29) is 0 Å². The molecule has 88 valence electrons. The Morgan fingerprint density at radius 3 is 2.22 bits per heavy atom. The van der Waals surface area contributed by atoms with Crippen molar-refractivity contribution >= 4 is 0 Å². The Bertz CT molecular complexity index is 603. The SMILES string of the molecule is c1ccc(-c2ccc(Oc3cn[nH]n3)cc2)cc1. The van der Waals surface area contributed by atoms with Crippen molar-refractivity contribution in [2.24, 2.45) is 0 Å². The average molecular weight is 237 g/mol. The van der Waals surface area contributed by atoms with Crippen LogP contribution in [0.4, 0.5) is 0 Å². The molecule has 4 nitrogen and oxygen atoms in total. The first-order chi connectivity index (χ1) is 8.92. The van der Waals surface area contributed by atoms with Crippen LogP contribution in [0.5, 0.6) is 11.6 Å². The molecule has 1 aromatic heterocycles.